The summed E-state index contributed by atoms with van der Waals surface area (Å²) in [6, 6.07) is 7.50. The van der Waals surface area contributed by atoms with Gasteiger partial charge in [-0.1, -0.05) is 13.8 Å². The van der Waals surface area contributed by atoms with Gasteiger partial charge in [0.2, 0.25) is 0 Å². The van der Waals surface area contributed by atoms with Crippen LogP contribution in [0, 0.1) is 5.82 Å². The van der Waals surface area contributed by atoms with Crippen molar-refractivity contribution in [2.24, 2.45) is 7.05 Å². The summed E-state index contributed by atoms with van der Waals surface area (Å²) in [5.41, 5.74) is 0.939. The predicted octanol–water partition coefficient (Wildman–Crippen LogP) is 3.51. The van der Waals surface area contributed by atoms with E-state index >= 15 is 0 Å². The summed E-state index contributed by atoms with van der Waals surface area (Å²) in [6.45, 7) is 6.04. The van der Waals surface area contributed by atoms with Crippen LogP contribution < -0.4 is 5.32 Å². The standard InChI is InChI=1S/C13H14FN3O2.C2H6/c1-3-19-13(18)11-8-12(17(2)16-11)15-10-6-4-9(14)5-7-10;1-2/h4-8,15H,3H2,1-2H3;1-2H3. The Bertz CT molecular complexity index is 579. The first-order valence-electron chi connectivity index (χ1n) is 6.84. The number of ether oxygens (including phenoxy) is 1. The van der Waals surface area contributed by atoms with Crippen LogP contribution in [0.2, 0.25) is 0 Å². The number of nitrogens with one attached hydrogen (secondary N) is 1. The maximum atomic E-state index is 12.8. The molecular weight excluding hydrogens is 273 g/mol. The van der Waals surface area contributed by atoms with Crippen molar-refractivity contribution in [3.05, 3.63) is 41.8 Å². The Morgan fingerprint density at radius 3 is 2.52 bits per heavy atom. The minimum atomic E-state index is -0.467. The Morgan fingerprint density at radius 2 is 1.95 bits per heavy atom. The van der Waals surface area contributed by atoms with Crippen molar-refractivity contribution in [1.29, 1.82) is 0 Å². The first kappa shape index (κ1) is 16.7. The molecule has 1 N–H and O–H groups in total. The molecule has 0 bridgehead atoms. The molecule has 114 valence electrons. The molecule has 0 aliphatic heterocycles. The monoisotopic (exact) mass is 293 g/mol. The van der Waals surface area contributed by atoms with E-state index in [4.69, 9.17) is 4.74 Å². The van der Waals surface area contributed by atoms with Gasteiger partial charge in [-0.15, -0.1) is 0 Å². The molecule has 2 aromatic rings. The largest absolute Gasteiger partial charge is 0.461 e. The average molecular weight is 293 g/mol. The number of aromatic nitrogens is 2. The smallest absolute Gasteiger partial charge is 0.358 e. The minimum absolute atomic E-state index is 0.231. The molecule has 1 heterocycles. The van der Waals surface area contributed by atoms with Crippen molar-refractivity contribution in [3.8, 4) is 0 Å². The van der Waals surface area contributed by atoms with Crippen molar-refractivity contribution >= 4 is 17.5 Å². The average Bonchev–Trinajstić information content (AvgIpc) is 2.85. The summed E-state index contributed by atoms with van der Waals surface area (Å²) in [4.78, 5) is 11.5. The Hall–Kier alpha value is -2.37. The highest BCUT2D eigenvalue weighted by molar-refractivity contribution is 5.88. The van der Waals surface area contributed by atoms with Crippen LogP contribution in [0.1, 0.15) is 31.3 Å². The zero-order valence-electron chi connectivity index (χ0n) is 12.7. The van der Waals surface area contributed by atoms with Gasteiger partial charge in [-0.25, -0.2) is 9.18 Å². The van der Waals surface area contributed by atoms with Crippen LogP contribution in [0.15, 0.2) is 30.3 Å². The maximum Gasteiger partial charge on any atom is 0.358 e. The Morgan fingerprint density at radius 1 is 1.33 bits per heavy atom. The Balaban J connectivity index is 0.00000106. The predicted molar refractivity (Wildman–Crippen MR) is 80.2 cm³/mol. The van der Waals surface area contributed by atoms with Crippen LogP contribution in [-0.4, -0.2) is 22.4 Å². The molecule has 0 amide bonds. The van der Waals surface area contributed by atoms with Gasteiger partial charge in [-0.2, -0.15) is 5.10 Å². The van der Waals surface area contributed by atoms with Crippen molar-refractivity contribution in [1.82, 2.24) is 9.78 Å². The van der Waals surface area contributed by atoms with Crippen molar-refractivity contribution in [3.63, 3.8) is 0 Å². The van der Waals surface area contributed by atoms with Crippen LogP contribution in [-0.2, 0) is 11.8 Å². The number of anilines is 2. The first-order valence-corrected chi connectivity index (χ1v) is 6.84. The Kier molecular flexibility index (Phi) is 6.39. The van der Waals surface area contributed by atoms with Gasteiger partial charge >= 0.3 is 5.97 Å². The van der Waals surface area contributed by atoms with E-state index in [1.54, 1.807) is 32.2 Å². The number of esters is 1. The van der Waals surface area contributed by atoms with Gasteiger partial charge in [-0.3, -0.25) is 4.68 Å². The zero-order valence-corrected chi connectivity index (χ0v) is 12.7. The number of benzene rings is 1. The summed E-state index contributed by atoms with van der Waals surface area (Å²) in [5, 5.41) is 7.09. The summed E-state index contributed by atoms with van der Waals surface area (Å²) < 4.78 is 19.2. The highest BCUT2D eigenvalue weighted by Crippen LogP contribution is 2.17. The second kappa shape index (κ2) is 8.04. The lowest BCUT2D eigenvalue weighted by Crippen LogP contribution is -2.06. The van der Waals surface area contributed by atoms with Crippen LogP contribution >= 0.6 is 0 Å². The molecule has 0 fully saturated rings. The zero-order chi connectivity index (χ0) is 15.8. The maximum absolute atomic E-state index is 12.8. The normalized spacial score (nSPS) is 9.57. The molecule has 2 rings (SSSR count). The van der Waals surface area contributed by atoms with E-state index < -0.39 is 5.97 Å². The van der Waals surface area contributed by atoms with Gasteiger partial charge in [0.1, 0.15) is 11.6 Å². The van der Waals surface area contributed by atoms with Gasteiger partial charge < -0.3 is 10.1 Å². The number of rotatable bonds is 4. The number of nitrogens with zero attached hydrogens (tertiary/aromatic N) is 2. The van der Waals surface area contributed by atoms with E-state index in [0.29, 0.717) is 18.1 Å². The van der Waals surface area contributed by atoms with Crippen LogP contribution in [0.25, 0.3) is 0 Å². The molecule has 0 saturated carbocycles. The van der Waals surface area contributed by atoms with Gasteiger partial charge in [0.15, 0.2) is 5.69 Å². The SMILES string of the molecule is CC.CCOC(=O)c1cc(Nc2ccc(F)cc2)n(C)n1. The van der Waals surface area contributed by atoms with E-state index in [1.807, 2.05) is 13.8 Å². The van der Waals surface area contributed by atoms with Gasteiger partial charge in [0.05, 0.1) is 6.61 Å². The number of halogens is 1. The molecule has 5 nitrogen and oxygen atoms in total. The fourth-order valence-corrected chi connectivity index (χ4v) is 1.57. The molecule has 0 spiro atoms. The third-order valence-electron chi connectivity index (χ3n) is 2.48. The van der Waals surface area contributed by atoms with Crippen LogP contribution in [0.4, 0.5) is 15.9 Å². The van der Waals surface area contributed by atoms with E-state index in [2.05, 4.69) is 10.4 Å². The van der Waals surface area contributed by atoms with E-state index in [1.165, 1.54) is 16.8 Å². The molecule has 0 aliphatic rings. The van der Waals surface area contributed by atoms with Crippen molar-refractivity contribution in [2.75, 3.05) is 11.9 Å². The lowest BCUT2D eigenvalue weighted by Gasteiger charge is -2.05. The third kappa shape index (κ3) is 4.59. The second-order valence-corrected chi connectivity index (χ2v) is 3.89. The molecular formula is C15H20FN3O2. The summed E-state index contributed by atoms with van der Waals surface area (Å²) in [5.74, 6) is -0.150. The minimum Gasteiger partial charge on any atom is -0.461 e. The first-order chi connectivity index (χ1) is 10.1. The lowest BCUT2D eigenvalue weighted by molar-refractivity contribution is 0.0518. The molecule has 21 heavy (non-hydrogen) atoms. The van der Waals surface area contributed by atoms with E-state index in [9.17, 15) is 9.18 Å². The molecule has 1 aromatic carbocycles. The second-order valence-electron chi connectivity index (χ2n) is 3.89. The van der Waals surface area contributed by atoms with E-state index in [-0.39, 0.29) is 11.5 Å². The molecule has 1 aromatic heterocycles. The van der Waals surface area contributed by atoms with Crippen molar-refractivity contribution in [2.45, 2.75) is 20.8 Å². The summed E-state index contributed by atoms with van der Waals surface area (Å²) >= 11 is 0. The third-order valence-corrected chi connectivity index (χ3v) is 2.48. The number of carbonyl (C=O) groups is 1. The quantitative estimate of drug-likeness (QED) is 0.876. The Labute approximate surface area is 123 Å². The summed E-state index contributed by atoms with van der Waals surface area (Å²) in [6.07, 6.45) is 0. The highest BCUT2D eigenvalue weighted by Gasteiger charge is 2.13. The number of hydrogen-bond donors (Lipinski definition) is 1. The van der Waals surface area contributed by atoms with Crippen LogP contribution in [0.3, 0.4) is 0 Å². The summed E-state index contributed by atoms with van der Waals surface area (Å²) in [7, 11) is 1.70. The number of carbonyl (C=O) groups excluding carboxylic acids is 1. The van der Waals surface area contributed by atoms with Gasteiger partial charge in [-0.05, 0) is 31.2 Å². The van der Waals surface area contributed by atoms with Gasteiger partial charge in [0, 0.05) is 18.8 Å². The molecule has 0 atom stereocenters. The topological polar surface area (TPSA) is 56.1 Å². The fourth-order valence-electron chi connectivity index (χ4n) is 1.57. The fraction of sp³-hybridized carbons (Fsp3) is 0.333. The number of hydrogen-bond acceptors (Lipinski definition) is 4. The molecule has 0 aliphatic carbocycles. The molecule has 6 heteroatoms. The van der Waals surface area contributed by atoms with Crippen LogP contribution in [0.5, 0.6) is 0 Å². The van der Waals surface area contributed by atoms with Crippen molar-refractivity contribution < 1.29 is 13.9 Å². The highest BCUT2D eigenvalue weighted by atomic mass is 19.1. The van der Waals surface area contributed by atoms with E-state index in [0.717, 1.165) is 0 Å². The molecule has 0 radical (unpaired) electrons. The molecule has 0 unspecified atom stereocenters. The number of aryl methyl sites for hydroxylation is 1. The van der Waals surface area contributed by atoms with Gasteiger partial charge in [0.25, 0.3) is 0 Å². The molecule has 0 saturated heterocycles. The lowest BCUT2D eigenvalue weighted by atomic mass is 10.3.